The quantitative estimate of drug-likeness (QED) is 0.0264. The van der Waals surface area contributed by atoms with Crippen LogP contribution in [0.2, 0.25) is 0 Å². The van der Waals surface area contributed by atoms with Crippen LogP contribution in [0.1, 0.15) is 277 Å². The first-order valence-corrected chi connectivity index (χ1v) is 30.1. The van der Waals surface area contributed by atoms with Gasteiger partial charge in [-0.05, 0) is 51.4 Å². The summed E-state index contributed by atoms with van der Waals surface area (Å²) in [6.45, 7) is 3.68. The Kier molecular flexibility index (Phi) is 52.7. The number of carbonyl (C=O) groups is 2. The number of hydrogen-bond donors (Lipinski definition) is 2. The molecule has 0 aromatic heterocycles. The topological polar surface area (TPSA) is 134 Å². The van der Waals surface area contributed by atoms with Crippen molar-refractivity contribution in [2.45, 2.75) is 283 Å². The molecule has 398 valence electrons. The Morgan fingerprint density at radius 1 is 0.456 bits per heavy atom. The van der Waals surface area contributed by atoms with Crippen LogP contribution in [0.25, 0.3) is 0 Å². The summed E-state index contributed by atoms with van der Waals surface area (Å²) in [7, 11) is -4.38. The molecule has 0 radical (unpaired) electrons. The van der Waals surface area contributed by atoms with Gasteiger partial charge in [0.2, 0.25) is 0 Å². The van der Waals surface area contributed by atoms with Gasteiger partial charge < -0.3 is 20.1 Å². The summed E-state index contributed by atoms with van der Waals surface area (Å²) >= 11 is 0. The summed E-state index contributed by atoms with van der Waals surface area (Å²) in [5, 5.41) is 0. The summed E-state index contributed by atoms with van der Waals surface area (Å²) < 4.78 is 33.0. The van der Waals surface area contributed by atoms with Gasteiger partial charge in [0.1, 0.15) is 6.61 Å². The molecule has 3 N–H and O–H groups in total. The Bertz CT molecular complexity index is 1250. The third-order valence-corrected chi connectivity index (χ3v) is 13.5. The number of rotatable bonds is 54. The van der Waals surface area contributed by atoms with Crippen LogP contribution in [0.5, 0.6) is 0 Å². The number of unbranched alkanes of at least 4 members (excludes halogenated alkanes) is 33. The second kappa shape index (κ2) is 54.3. The number of nitrogens with two attached hydrogens (primary N) is 1. The van der Waals surface area contributed by atoms with Crippen LogP contribution < -0.4 is 5.73 Å². The zero-order chi connectivity index (χ0) is 49.5. The van der Waals surface area contributed by atoms with E-state index in [2.05, 4.69) is 62.5 Å². The first-order valence-electron chi connectivity index (χ1n) is 28.6. The van der Waals surface area contributed by atoms with Crippen LogP contribution in [0.3, 0.4) is 0 Å². The van der Waals surface area contributed by atoms with E-state index in [0.717, 1.165) is 64.2 Å². The fraction of sp³-hybridized carbons (Fsp3) is 0.828. The lowest BCUT2D eigenvalue weighted by Crippen LogP contribution is -2.29. The van der Waals surface area contributed by atoms with E-state index in [9.17, 15) is 19.0 Å². The maximum atomic E-state index is 12.7. The number of carbonyl (C=O) groups excluding carboxylic acids is 2. The first kappa shape index (κ1) is 66.0. The van der Waals surface area contributed by atoms with E-state index in [1.165, 1.54) is 180 Å². The van der Waals surface area contributed by atoms with Crippen LogP contribution >= 0.6 is 7.82 Å². The van der Waals surface area contributed by atoms with Gasteiger partial charge in [-0.25, -0.2) is 4.57 Å². The number of phosphoric ester groups is 1. The molecule has 0 aliphatic carbocycles. The summed E-state index contributed by atoms with van der Waals surface area (Å²) in [5.74, 6) is -0.815. The summed E-state index contributed by atoms with van der Waals surface area (Å²) in [4.78, 5) is 35.2. The van der Waals surface area contributed by atoms with Crippen molar-refractivity contribution in [3.8, 4) is 0 Å². The van der Waals surface area contributed by atoms with E-state index in [1.54, 1.807) is 0 Å². The van der Waals surface area contributed by atoms with E-state index in [-0.39, 0.29) is 38.6 Å². The molecule has 0 saturated heterocycles. The van der Waals surface area contributed by atoms with Crippen LogP contribution in [-0.4, -0.2) is 49.3 Å². The molecule has 0 heterocycles. The van der Waals surface area contributed by atoms with Crippen LogP contribution in [0.4, 0.5) is 0 Å². The highest BCUT2D eigenvalue weighted by Crippen LogP contribution is 2.43. The smallest absolute Gasteiger partial charge is 0.462 e. The highest BCUT2D eigenvalue weighted by atomic mass is 31.2. The Morgan fingerprint density at radius 3 is 1.21 bits per heavy atom. The number of hydrogen-bond acceptors (Lipinski definition) is 8. The first-order chi connectivity index (χ1) is 33.3. The van der Waals surface area contributed by atoms with Crippen molar-refractivity contribution in [1.29, 1.82) is 0 Å². The van der Waals surface area contributed by atoms with Crippen LogP contribution in [-0.2, 0) is 32.7 Å². The van der Waals surface area contributed by atoms with Crippen molar-refractivity contribution in [2.75, 3.05) is 26.4 Å². The normalized spacial score (nSPS) is 13.4. The standard InChI is InChI=1S/C58H108NO8P/c1-3-5-7-9-11-13-15-17-19-21-23-25-26-27-28-29-30-31-33-35-37-39-41-43-45-47-49-51-58(61)67-56(55-66-68(62,63)65-53-52-59)54-64-57(60)50-48-46-44-42-40-38-36-34-32-24-22-20-18-16-14-12-10-8-6-4-2/h5,7,11,13,17,19,23,25,56H,3-4,6,8-10,12,14-16,18,20-22,24,26-55,59H2,1-2H3,(H,62,63)/b7-5-,13-11-,19-17-,25-23-. The maximum absolute atomic E-state index is 12.7. The van der Waals surface area contributed by atoms with Gasteiger partial charge in [-0.2, -0.15) is 0 Å². The zero-order valence-electron chi connectivity index (χ0n) is 44.3. The molecule has 0 saturated carbocycles. The van der Waals surface area contributed by atoms with Crippen molar-refractivity contribution < 1.29 is 37.6 Å². The fourth-order valence-corrected chi connectivity index (χ4v) is 9.04. The highest BCUT2D eigenvalue weighted by molar-refractivity contribution is 7.47. The average Bonchev–Trinajstić information content (AvgIpc) is 3.33. The summed E-state index contributed by atoms with van der Waals surface area (Å²) in [6.07, 6.45) is 65.9. The van der Waals surface area contributed by atoms with E-state index < -0.39 is 26.5 Å². The molecule has 0 fully saturated rings. The number of allylic oxidation sites excluding steroid dienone is 8. The predicted molar refractivity (Wildman–Crippen MR) is 289 cm³/mol. The zero-order valence-corrected chi connectivity index (χ0v) is 45.2. The van der Waals surface area contributed by atoms with Crippen molar-refractivity contribution >= 4 is 19.8 Å². The number of ether oxygens (including phenoxy) is 2. The third kappa shape index (κ3) is 53.3. The van der Waals surface area contributed by atoms with Crippen molar-refractivity contribution in [2.24, 2.45) is 5.73 Å². The minimum atomic E-state index is -4.38. The van der Waals surface area contributed by atoms with Gasteiger partial charge in [0, 0.05) is 19.4 Å². The van der Waals surface area contributed by atoms with Crippen molar-refractivity contribution in [3.05, 3.63) is 48.6 Å². The van der Waals surface area contributed by atoms with Crippen molar-refractivity contribution in [1.82, 2.24) is 0 Å². The van der Waals surface area contributed by atoms with Gasteiger partial charge in [0.15, 0.2) is 6.10 Å². The molecule has 0 amide bonds. The Balaban J connectivity index is 3.95. The Labute approximate surface area is 419 Å². The van der Waals surface area contributed by atoms with Gasteiger partial charge >= 0.3 is 19.8 Å². The molecular weight excluding hydrogens is 870 g/mol. The van der Waals surface area contributed by atoms with Gasteiger partial charge in [-0.3, -0.25) is 18.6 Å². The summed E-state index contributed by atoms with van der Waals surface area (Å²) in [6, 6.07) is 0. The average molecular weight is 978 g/mol. The molecule has 0 aromatic rings. The van der Waals surface area contributed by atoms with Gasteiger partial charge in [0.25, 0.3) is 0 Å². The van der Waals surface area contributed by atoms with E-state index >= 15 is 0 Å². The molecule has 0 aromatic carbocycles. The van der Waals surface area contributed by atoms with Gasteiger partial charge in [0.05, 0.1) is 13.2 Å². The monoisotopic (exact) mass is 978 g/mol. The largest absolute Gasteiger partial charge is 0.472 e. The molecule has 0 rings (SSSR count). The van der Waals surface area contributed by atoms with Crippen LogP contribution in [0, 0.1) is 0 Å². The molecule has 9 nitrogen and oxygen atoms in total. The van der Waals surface area contributed by atoms with E-state index in [1.807, 2.05) is 0 Å². The second-order valence-electron chi connectivity index (χ2n) is 19.1. The second-order valence-corrected chi connectivity index (χ2v) is 20.6. The SMILES string of the molecule is CC/C=C\C/C=C\C/C=C\C/C=C\CCCCCCCCCCCCCCCCC(=O)OC(COC(=O)CCCCCCCCCCCCCCCCCCCCCC)COP(=O)(O)OCCN. The Morgan fingerprint density at radius 2 is 0.809 bits per heavy atom. The molecule has 68 heavy (non-hydrogen) atoms. The lowest BCUT2D eigenvalue weighted by Gasteiger charge is -2.19. The number of phosphoric acid groups is 1. The third-order valence-electron chi connectivity index (χ3n) is 12.5. The molecule has 0 aliphatic heterocycles. The molecule has 0 bridgehead atoms. The van der Waals surface area contributed by atoms with Gasteiger partial charge in [-0.1, -0.05) is 262 Å². The number of esters is 2. The lowest BCUT2D eigenvalue weighted by molar-refractivity contribution is -0.161. The summed E-state index contributed by atoms with van der Waals surface area (Å²) in [5.41, 5.74) is 5.38. The maximum Gasteiger partial charge on any atom is 0.472 e. The molecular formula is C58H108NO8P. The molecule has 10 heteroatoms. The molecule has 2 unspecified atom stereocenters. The lowest BCUT2D eigenvalue weighted by atomic mass is 10.0. The van der Waals surface area contributed by atoms with E-state index in [0.29, 0.717) is 6.42 Å². The minimum Gasteiger partial charge on any atom is -0.462 e. The Hall–Kier alpha value is -2.03. The van der Waals surface area contributed by atoms with E-state index in [4.69, 9.17) is 24.3 Å². The fourth-order valence-electron chi connectivity index (χ4n) is 8.28. The van der Waals surface area contributed by atoms with Crippen molar-refractivity contribution in [3.63, 3.8) is 0 Å². The van der Waals surface area contributed by atoms with Crippen LogP contribution in [0.15, 0.2) is 48.6 Å². The molecule has 0 spiro atoms. The highest BCUT2D eigenvalue weighted by Gasteiger charge is 2.26. The molecule has 2 atom stereocenters. The predicted octanol–water partition coefficient (Wildman–Crippen LogP) is 17.8. The minimum absolute atomic E-state index is 0.0543. The van der Waals surface area contributed by atoms with Gasteiger partial charge in [-0.15, -0.1) is 0 Å². The molecule has 0 aliphatic rings.